The summed E-state index contributed by atoms with van der Waals surface area (Å²) in [4.78, 5) is 16.6. The summed E-state index contributed by atoms with van der Waals surface area (Å²) in [6, 6.07) is 5.91. The third-order valence-corrected chi connectivity index (χ3v) is 4.08. The molecule has 0 bridgehead atoms. The van der Waals surface area contributed by atoms with Crippen LogP contribution in [0.5, 0.6) is 0 Å². The number of hydrogen-bond acceptors (Lipinski definition) is 3. The van der Waals surface area contributed by atoms with Gasteiger partial charge in [-0.1, -0.05) is 6.07 Å². The molecule has 2 rings (SSSR count). The van der Waals surface area contributed by atoms with Gasteiger partial charge in [-0.15, -0.1) is 0 Å². The molecule has 0 spiro atoms. The molecule has 1 aliphatic heterocycles. The molecule has 122 valence electrons. The van der Waals surface area contributed by atoms with Crippen molar-refractivity contribution in [2.45, 2.75) is 25.7 Å². The van der Waals surface area contributed by atoms with E-state index in [0.29, 0.717) is 12.1 Å². The normalized spacial score (nSPS) is 16.5. The van der Waals surface area contributed by atoms with Crippen LogP contribution in [-0.2, 0) is 0 Å². The van der Waals surface area contributed by atoms with E-state index in [2.05, 4.69) is 4.90 Å². The van der Waals surface area contributed by atoms with Gasteiger partial charge in [-0.3, -0.25) is 4.79 Å². The molecule has 22 heavy (non-hydrogen) atoms. The van der Waals surface area contributed by atoms with Gasteiger partial charge in [0.1, 0.15) is 5.82 Å². The lowest BCUT2D eigenvalue weighted by atomic mass is 10.2. The van der Waals surface area contributed by atoms with Crippen LogP contribution in [0.15, 0.2) is 24.3 Å². The Morgan fingerprint density at radius 2 is 2.00 bits per heavy atom. The predicted octanol–water partition coefficient (Wildman–Crippen LogP) is 2.14. The number of carbonyl (C=O) groups is 1. The van der Waals surface area contributed by atoms with Crippen molar-refractivity contribution >= 4 is 5.91 Å². The fourth-order valence-corrected chi connectivity index (χ4v) is 2.83. The summed E-state index contributed by atoms with van der Waals surface area (Å²) in [6.45, 7) is 4.54. The van der Waals surface area contributed by atoms with Gasteiger partial charge in [0, 0.05) is 31.8 Å². The zero-order valence-electron chi connectivity index (χ0n) is 13.0. The molecule has 1 N–H and O–H groups in total. The lowest BCUT2D eigenvalue weighted by Gasteiger charge is -2.22. The molecular formula is C17H25FN2O2. The van der Waals surface area contributed by atoms with Gasteiger partial charge in [0.05, 0.1) is 0 Å². The first-order valence-corrected chi connectivity index (χ1v) is 8.09. The van der Waals surface area contributed by atoms with Gasteiger partial charge in [0.25, 0.3) is 5.91 Å². The third-order valence-electron chi connectivity index (χ3n) is 4.08. The Labute approximate surface area is 131 Å². The fourth-order valence-electron chi connectivity index (χ4n) is 2.83. The fraction of sp³-hybridized carbons (Fsp3) is 0.588. The lowest BCUT2D eigenvalue weighted by Crippen LogP contribution is -2.35. The maximum atomic E-state index is 13.2. The number of aliphatic hydroxyl groups is 1. The van der Waals surface area contributed by atoms with Gasteiger partial charge < -0.3 is 14.9 Å². The van der Waals surface area contributed by atoms with E-state index in [1.54, 1.807) is 12.1 Å². The molecule has 0 radical (unpaired) electrons. The molecule has 5 heteroatoms. The standard InChI is InChI=1S/C17H25FN2O2/c18-16-7-4-6-15(14-16)17(22)20-10-5-9-19(11-12-20)8-2-1-3-13-21/h4,6-7,14,21H,1-3,5,8-13H2. The molecule has 1 aromatic rings. The maximum absolute atomic E-state index is 13.2. The molecule has 4 nitrogen and oxygen atoms in total. The van der Waals surface area contributed by atoms with Crippen LogP contribution >= 0.6 is 0 Å². The summed E-state index contributed by atoms with van der Waals surface area (Å²) in [5.74, 6) is -0.451. The van der Waals surface area contributed by atoms with E-state index in [-0.39, 0.29) is 18.3 Å². The summed E-state index contributed by atoms with van der Waals surface area (Å²) in [5, 5.41) is 8.79. The van der Waals surface area contributed by atoms with Crippen molar-refractivity contribution in [3.05, 3.63) is 35.6 Å². The van der Waals surface area contributed by atoms with Crippen molar-refractivity contribution in [3.8, 4) is 0 Å². The zero-order valence-corrected chi connectivity index (χ0v) is 13.0. The molecule has 1 amide bonds. The van der Waals surface area contributed by atoms with Gasteiger partial charge in [-0.25, -0.2) is 4.39 Å². The van der Waals surface area contributed by atoms with E-state index in [9.17, 15) is 9.18 Å². The van der Waals surface area contributed by atoms with E-state index >= 15 is 0 Å². The maximum Gasteiger partial charge on any atom is 0.254 e. The van der Waals surface area contributed by atoms with E-state index in [1.165, 1.54) is 12.1 Å². The average molecular weight is 308 g/mol. The molecule has 0 saturated carbocycles. The minimum atomic E-state index is -0.369. The van der Waals surface area contributed by atoms with Crippen LogP contribution in [-0.4, -0.2) is 60.1 Å². The highest BCUT2D eigenvalue weighted by molar-refractivity contribution is 5.94. The van der Waals surface area contributed by atoms with Crippen molar-refractivity contribution in [1.82, 2.24) is 9.80 Å². The molecule has 1 heterocycles. The number of benzene rings is 1. The molecule has 0 atom stereocenters. The van der Waals surface area contributed by atoms with Gasteiger partial charge in [0.2, 0.25) is 0 Å². The number of aliphatic hydroxyl groups excluding tert-OH is 1. The Hall–Kier alpha value is -1.46. The highest BCUT2D eigenvalue weighted by Crippen LogP contribution is 2.11. The SMILES string of the molecule is O=C(c1cccc(F)c1)N1CCCN(CCCCCO)CC1. The van der Waals surface area contributed by atoms with Crippen LogP contribution in [0.4, 0.5) is 4.39 Å². The molecule has 1 aliphatic rings. The van der Waals surface area contributed by atoms with Crippen molar-refractivity contribution in [2.24, 2.45) is 0 Å². The number of nitrogens with zero attached hydrogens (tertiary/aromatic N) is 2. The molecule has 0 unspecified atom stereocenters. The monoisotopic (exact) mass is 308 g/mol. The molecule has 1 fully saturated rings. The van der Waals surface area contributed by atoms with Crippen molar-refractivity contribution in [2.75, 3.05) is 39.3 Å². The van der Waals surface area contributed by atoms with E-state index in [1.807, 2.05) is 4.90 Å². The van der Waals surface area contributed by atoms with Gasteiger partial charge in [-0.05, 0) is 57.0 Å². The number of unbranched alkanes of at least 4 members (excludes halogenated alkanes) is 2. The summed E-state index contributed by atoms with van der Waals surface area (Å²) >= 11 is 0. The number of rotatable bonds is 6. The molecule has 0 aromatic heterocycles. The van der Waals surface area contributed by atoms with E-state index in [4.69, 9.17) is 5.11 Å². The largest absolute Gasteiger partial charge is 0.396 e. The third kappa shape index (κ3) is 5.07. The van der Waals surface area contributed by atoms with Gasteiger partial charge in [-0.2, -0.15) is 0 Å². The second-order valence-electron chi connectivity index (χ2n) is 5.78. The summed E-state index contributed by atoms with van der Waals surface area (Å²) in [6.07, 6.45) is 3.93. The minimum Gasteiger partial charge on any atom is -0.396 e. The van der Waals surface area contributed by atoms with Crippen LogP contribution in [0.3, 0.4) is 0 Å². The topological polar surface area (TPSA) is 43.8 Å². The van der Waals surface area contributed by atoms with E-state index in [0.717, 1.165) is 51.9 Å². The lowest BCUT2D eigenvalue weighted by molar-refractivity contribution is 0.0761. The highest BCUT2D eigenvalue weighted by Gasteiger charge is 2.20. The summed E-state index contributed by atoms with van der Waals surface area (Å²) < 4.78 is 13.2. The highest BCUT2D eigenvalue weighted by atomic mass is 19.1. The van der Waals surface area contributed by atoms with Crippen molar-refractivity contribution in [3.63, 3.8) is 0 Å². The van der Waals surface area contributed by atoms with Gasteiger partial charge in [0.15, 0.2) is 0 Å². The molecular weight excluding hydrogens is 283 g/mol. The van der Waals surface area contributed by atoms with Crippen LogP contribution in [0.2, 0.25) is 0 Å². The second kappa shape index (κ2) is 8.86. The Kier molecular flexibility index (Phi) is 6.80. The number of amides is 1. The van der Waals surface area contributed by atoms with Crippen LogP contribution in [0.1, 0.15) is 36.0 Å². The Balaban J connectivity index is 1.83. The van der Waals surface area contributed by atoms with Crippen molar-refractivity contribution < 1.29 is 14.3 Å². The summed E-state index contributed by atoms with van der Waals surface area (Å²) in [7, 11) is 0. The van der Waals surface area contributed by atoms with Gasteiger partial charge >= 0.3 is 0 Å². The Bertz CT molecular complexity index is 481. The number of carbonyl (C=O) groups excluding carboxylic acids is 1. The second-order valence-corrected chi connectivity index (χ2v) is 5.78. The van der Waals surface area contributed by atoms with Crippen LogP contribution < -0.4 is 0 Å². The first-order valence-electron chi connectivity index (χ1n) is 8.09. The average Bonchev–Trinajstić information content (AvgIpc) is 2.76. The predicted molar refractivity (Wildman–Crippen MR) is 84.3 cm³/mol. The molecule has 1 saturated heterocycles. The van der Waals surface area contributed by atoms with E-state index < -0.39 is 0 Å². The first-order chi connectivity index (χ1) is 10.7. The Morgan fingerprint density at radius 1 is 1.14 bits per heavy atom. The van der Waals surface area contributed by atoms with Crippen LogP contribution in [0, 0.1) is 5.82 Å². The molecule has 0 aliphatic carbocycles. The van der Waals surface area contributed by atoms with Crippen molar-refractivity contribution in [1.29, 1.82) is 0 Å². The Morgan fingerprint density at radius 3 is 2.77 bits per heavy atom. The van der Waals surface area contributed by atoms with Crippen LogP contribution in [0.25, 0.3) is 0 Å². The first kappa shape index (κ1) is 16.9. The minimum absolute atomic E-state index is 0.0818. The quantitative estimate of drug-likeness (QED) is 0.819. The summed E-state index contributed by atoms with van der Waals surface area (Å²) in [5.41, 5.74) is 0.427. The zero-order chi connectivity index (χ0) is 15.8. The smallest absolute Gasteiger partial charge is 0.254 e. The molecule has 1 aromatic carbocycles. The number of hydrogen-bond donors (Lipinski definition) is 1. The number of halogens is 1.